The summed E-state index contributed by atoms with van der Waals surface area (Å²) in [7, 11) is 2.06. The molecule has 1 fully saturated rings. The molecule has 5 heteroatoms. The Labute approximate surface area is 103 Å². The number of likely N-dealkylation sites (N-methyl/N-ethyl adjacent to an activating group) is 1. The number of esters is 1. The van der Waals surface area contributed by atoms with E-state index in [-0.39, 0.29) is 24.7 Å². The topological polar surface area (TPSA) is 49.9 Å². The molecule has 0 aromatic rings. The molecule has 1 rings (SSSR count). The lowest BCUT2D eigenvalue weighted by Gasteiger charge is -2.37. The number of amides is 1. The number of piperazine rings is 1. The van der Waals surface area contributed by atoms with Gasteiger partial charge in [0.2, 0.25) is 5.91 Å². The molecule has 0 bridgehead atoms. The molecule has 0 aromatic carbocycles. The Morgan fingerprint density at radius 1 is 1.29 bits per heavy atom. The van der Waals surface area contributed by atoms with E-state index in [0.29, 0.717) is 12.6 Å². The summed E-state index contributed by atoms with van der Waals surface area (Å²) >= 11 is 0. The third-order valence-electron chi connectivity index (χ3n) is 3.16. The van der Waals surface area contributed by atoms with Crippen LogP contribution in [0.4, 0.5) is 0 Å². The second kappa shape index (κ2) is 6.59. The highest BCUT2D eigenvalue weighted by Crippen LogP contribution is 2.09. The van der Waals surface area contributed by atoms with Crippen molar-refractivity contribution < 1.29 is 14.3 Å². The number of carbonyl (C=O) groups excluding carboxylic acids is 2. The van der Waals surface area contributed by atoms with Gasteiger partial charge in [0.25, 0.3) is 0 Å². The van der Waals surface area contributed by atoms with Crippen LogP contribution in [0.25, 0.3) is 0 Å². The van der Waals surface area contributed by atoms with Crippen molar-refractivity contribution in [3.63, 3.8) is 0 Å². The summed E-state index contributed by atoms with van der Waals surface area (Å²) in [5.74, 6) is -0.235. The van der Waals surface area contributed by atoms with Gasteiger partial charge in [-0.1, -0.05) is 0 Å². The third kappa shape index (κ3) is 4.34. The molecule has 1 aliphatic heterocycles. The molecule has 0 aromatic heterocycles. The van der Waals surface area contributed by atoms with E-state index in [4.69, 9.17) is 4.74 Å². The Morgan fingerprint density at radius 3 is 2.59 bits per heavy atom. The Hall–Kier alpha value is -1.10. The van der Waals surface area contributed by atoms with E-state index >= 15 is 0 Å². The maximum atomic E-state index is 11.9. The zero-order chi connectivity index (χ0) is 12.8. The zero-order valence-electron chi connectivity index (χ0n) is 10.9. The number of ether oxygens (including phenoxy) is 1. The monoisotopic (exact) mass is 242 g/mol. The van der Waals surface area contributed by atoms with E-state index < -0.39 is 0 Å². The first-order chi connectivity index (χ1) is 8.04. The minimum absolute atomic E-state index is 0.0537. The third-order valence-corrected chi connectivity index (χ3v) is 3.16. The predicted molar refractivity (Wildman–Crippen MR) is 64.5 cm³/mol. The molecule has 1 saturated heterocycles. The van der Waals surface area contributed by atoms with Crippen LogP contribution in [-0.4, -0.2) is 61.0 Å². The van der Waals surface area contributed by atoms with Crippen LogP contribution in [-0.2, 0) is 14.3 Å². The summed E-state index contributed by atoms with van der Waals surface area (Å²) in [6.07, 6.45) is 0.447. The lowest BCUT2D eigenvalue weighted by atomic mass is 10.2. The Balaban J connectivity index is 2.31. The van der Waals surface area contributed by atoms with Gasteiger partial charge in [-0.25, -0.2) is 0 Å². The SMILES string of the molecule is CCOC(=O)CCC(=O)N1CCN(C)C(C)C1. The average Bonchev–Trinajstić information content (AvgIpc) is 2.30. The van der Waals surface area contributed by atoms with Crippen molar-refractivity contribution in [2.45, 2.75) is 32.7 Å². The van der Waals surface area contributed by atoms with Crippen LogP contribution in [0, 0.1) is 0 Å². The second-order valence-electron chi connectivity index (χ2n) is 4.47. The largest absolute Gasteiger partial charge is 0.466 e. The molecule has 0 radical (unpaired) electrons. The molecule has 1 heterocycles. The van der Waals surface area contributed by atoms with Gasteiger partial charge < -0.3 is 14.5 Å². The molecule has 1 amide bonds. The number of carbonyl (C=O) groups is 2. The highest BCUT2D eigenvalue weighted by molar-refractivity contribution is 5.81. The molecule has 17 heavy (non-hydrogen) atoms. The predicted octanol–water partition coefficient (Wildman–Crippen LogP) is 0.492. The highest BCUT2D eigenvalue weighted by atomic mass is 16.5. The van der Waals surface area contributed by atoms with E-state index in [9.17, 15) is 9.59 Å². The second-order valence-corrected chi connectivity index (χ2v) is 4.47. The minimum atomic E-state index is -0.289. The zero-order valence-corrected chi connectivity index (χ0v) is 10.9. The minimum Gasteiger partial charge on any atom is -0.466 e. The maximum absolute atomic E-state index is 11.9. The van der Waals surface area contributed by atoms with Crippen molar-refractivity contribution in [3.05, 3.63) is 0 Å². The first-order valence-corrected chi connectivity index (χ1v) is 6.18. The fourth-order valence-electron chi connectivity index (χ4n) is 1.88. The Kier molecular flexibility index (Phi) is 5.41. The van der Waals surface area contributed by atoms with Crippen LogP contribution >= 0.6 is 0 Å². The normalized spacial score (nSPS) is 21.4. The van der Waals surface area contributed by atoms with E-state index in [1.807, 2.05) is 4.90 Å². The highest BCUT2D eigenvalue weighted by Gasteiger charge is 2.24. The van der Waals surface area contributed by atoms with Crippen molar-refractivity contribution in [1.82, 2.24) is 9.80 Å². The molecule has 0 spiro atoms. The van der Waals surface area contributed by atoms with Gasteiger partial charge in [0.1, 0.15) is 0 Å². The van der Waals surface area contributed by atoms with E-state index in [1.54, 1.807) is 6.92 Å². The van der Waals surface area contributed by atoms with Crippen LogP contribution in [0.1, 0.15) is 26.7 Å². The van der Waals surface area contributed by atoms with E-state index in [2.05, 4.69) is 18.9 Å². The summed E-state index contributed by atoms with van der Waals surface area (Å²) in [6, 6.07) is 0.385. The number of hydrogen-bond acceptors (Lipinski definition) is 4. The van der Waals surface area contributed by atoms with Crippen LogP contribution in [0.5, 0.6) is 0 Å². The standard InChI is InChI=1S/C12H22N2O3/c1-4-17-12(16)6-5-11(15)14-8-7-13(3)10(2)9-14/h10H,4-9H2,1-3H3. The van der Waals surface area contributed by atoms with Gasteiger partial charge in [0, 0.05) is 32.1 Å². The smallest absolute Gasteiger partial charge is 0.306 e. The molecule has 0 aliphatic carbocycles. The quantitative estimate of drug-likeness (QED) is 0.673. The summed E-state index contributed by atoms with van der Waals surface area (Å²) in [5.41, 5.74) is 0. The van der Waals surface area contributed by atoms with Crippen LogP contribution in [0.2, 0.25) is 0 Å². The summed E-state index contributed by atoms with van der Waals surface area (Å²) in [5, 5.41) is 0. The first kappa shape index (κ1) is 14.0. The molecule has 0 saturated carbocycles. The van der Waals surface area contributed by atoms with Gasteiger partial charge in [0.15, 0.2) is 0 Å². The van der Waals surface area contributed by atoms with Crippen LogP contribution in [0.3, 0.4) is 0 Å². The number of rotatable bonds is 4. The van der Waals surface area contributed by atoms with Crippen molar-refractivity contribution in [2.24, 2.45) is 0 Å². The van der Waals surface area contributed by atoms with Gasteiger partial charge in [-0.15, -0.1) is 0 Å². The molecule has 5 nitrogen and oxygen atoms in total. The van der Waals surface area contributed by atoms with E-state index in [1.165, 1.54) is 0 Å². The molecule has 1 atom stereocenters. The Bertz CT molecular complexity index is 281. The van der Waals surface area contributed by atoms with Crippen LogP contribution < -0.4 is 0 Å². The van der Waals surface area contributed by atoms with Gasteiger partial charge in [0.05, 0.1) is 13.0 Å². The number of hydrogen-bond donors (Lipinski definition) is 0. The number of nitrogens with zero attached hydrogens (tertiary/aromatic N) is 2. The first-order valence-electron chi connectivity index (χ1n) is 6.18. The molecule has 1 unspecified atom stereocenters. The summed E-state index contributed by atoms with van der Waals surface area (Å²) in [6.45, 7) is 6.64. The lowest BCUT2D eigenvalue weighted by molar-refractivity contribution is -0.146. The van der Waals surface area contributed by atoms with Gasteiger partial charge in [-0.3, -0.25) is 9.59 Å². The van der Waals surface area contributed by atoms with E-state index in [0.717, 1.165) is 19.6 Å². The summed E-state index contributed by atoms with van der Waals surface area (Å²) in [4.78, 5) is 27.1. The van der Waals surface area contributed by atoms with Gasteiger partial charge in [-0.2, -0.15) is 0 Å². The van der Waals surface area contributed by atoms with Crippen molar-refractivity contribution in [3.8, 4) is 0 Å². The summed E-state index contributed by atoms with van der Waals surface area (Å²) < 4.78 is 4.80. The maximum Gasteiger partial charge on any atom is 0.306 e. The lowest BCUT2D eigenvalue weighted by Crippen LogP contribution is -2.52. The van der Waals surface area contributed by atoms with Crippen molar-refractivity contribution >= 4 is 11.9 Å². The molecule has 1 aliphatic rings. The molecular weight excluding hydrogens is 220 g/mol. The average molecular weight is 242 g/mol. The fourth-order valence-corrected chi connectivity index (χ4v) is 1.88. The molecule has 98 valence electrons. The van der Waals surface area contributed by atoms with Gasteiger partial charge in [-0.05, 0) is 20.9 Å². The Morgan fingerprint density at radius 2 is 2.00 bits per heavy atom. The van der Waals surface area contributed by atoms with Crippen LogP contribution in [0.15, 0.2) is 0 Å². The molecular formula is C12H22N2O3. The van der Waals surface area contributed by atoms with Gasteiger partial charge >= 0.3 is 5.97 Å². The fraction of sp³-hybridized carbons (Fsp3) is 0.833. The van der Waals surface area contributed by atoms with Crippen molar-refractivity contribution in [2.75, 3.05) is 33.3 Å². The molecule has 0 N–H and O–H groups in total. The van der Waals surface area contributed by atoms with Crippen molar-refractivity contribution in [1.29, 1.82) is 0 Å².